The number of carbonyl (C=O) groups excluding carboxylic acids is 1. The molecule has 2 aliphatic carbocycles. The minimum Gasteiger partial charge on any atom is -0.504 e. The minimum atomic E-state index is -0.566. The van der Waals surface area contributed by atoms with Crippen molar-refractivity contribution in [3.63, 3.8) is 0 Å². The quantitative estimate of drug-likeness (QED) is 0.565. The molecule has 5 rings (SSSR count). The number of hydrogen-bond acceptors (Lipinski definition) is 7. The standard InChI is InChI=1S/C25H36N2O5/c1-14(23(29)32-24(2,3)4)27(30-6)17-9-8-16-18-13-15-7-10-19(28)21-20(15)25(16,22(17)31-21)11-12-26(18)5/h7,10,14,16-18,22,28H,8-9,11-13H2,1-6H3/t14-,16-,17-,18+,22-,25-/m0/s1. The molecule has 6 atom stereocenters. The van der Waals surface area contributed by atoms with Crippen molar-refractivity contribution in [2.24, 2.45) is 5.92 Å². The fourth-order valence-corrected chi connectivity index (χ4v) is 7.04. The summed E-state index contributed by atoms with van der Waals surface area (Å²) < 4.78 is 12.3. The number of piperidine rings is 1. The van der Waals surface area contributed by atoms with Crippen LogP contribution in [0.5, 0.6) is 11.5 Å². The number of phenols is 1. The Morgan fingerprint density at radius 1 is 1.34 bits per heavy atom. The van der Waals surface area contributed by atoms with E-state index < -0.39 is 11.6 Å². The molecule has 2 bridgehead atoms. The lowest BCUT2D eigenvalue weighted by molar-refractivity contribution is -0.234. The van der Waals surface area contributed by atoms with Crippen molar-refractivity contribution in [3.8, 4) is 11.5 Å². The van der Waals surface area contributed by atoms with Gasteiger partial charge in [0.1, 0.15) is 17.7 Å². The zero-order valence-corrected chi connectivity index (χ0v) is 20.1. The number of aromatic hydroxyl groups is 1. The van der Waals surface area contributed by atoms with Crippen LogP contribution in [0.15, 0.2) is 12.1 Å². The van der Waals surface area contributed by atoms with Crippen LogP contribution in [-0.2, 0) is 26.2 Å². The Morgan fingerprint density at radius 2 is 2.09 bits per heavy atom. The van der Waals surface area contributed by atoms with Crippen molar-refractivity contribution in [1.82, 2.24) is 9.96 Å². The van der Waals surface area contributed by atoms with Crippen LogP contribution in [-0.4, -0.2) is 71.6 Å². The van der Waals surface area contributed by atoms with Crippen molar-refractivity contribution in [2.45, 2.75) is 88.6 Å². The van der Waals surface area contributed by atoms with Gasteiger partial charge in [-0.1, -0.05) is 6.07 Å². The van der Waals surface area contributed by atoms with Crippen molar-refractivity contribution in [2.75, 3.05) is 20.7 Å². The Balaban J connectivity index is 1.55. The molecule has 2 aliphatic heterocycles. The number of carbonyl (C=O) groups is 1. The number of likely N-dealkylation sites (tertiary alicyclic amines) is 1. The van der Waals surface area contributed by atoms with Gasteiger partial charge >= 0.3 is 5.97 Å². The number of ether oxygens (including phenoxy) is 2. The fourth-order valence-electron chi connectivity index (χ4n) is 7.04. The number of phenolic OH excluding ortho intramolecular Hbond substituents is 1. The van der Waals surface area contributed by atoms with Crippen LogP contribution in [0.4, 0.5) is 0 Å². The second-order valence-corrected chi connectivity index (χ2v) is 11.0. The first-order chi connectivity index (χ1) is 15.1. The maximum Gasteiger partial charge on any atom is 0.326 e. The number of rotatable bonds is 4. The average Bonchev–Trinajstić information content (AvgIpc) is 3.07. The second-order valence-electron chi connectivity index (χ2n) is 11.0. The monoisotopic (exact) mass is 444 g/mol. The third-order valence-electron chi connectivity index (χ3n) is 8.23. The van der Waals surface area contributed by atoms with Gasteiger partial charge in [0, 0.05) is 17.0 Å². The Morgan fingerprint density at radius 3 is 2.78 bits per heavy atom. The highest BCUT2D eigenvalue weighted by molar-refractivity contribution is 5.75. The van der Waals surface area contributed by atoms with E-state index >= 15 is 0 Å². The molecule has 1 N–H and O–H groups in total. The van der Waals surface area contributed by atoms with E-state index in [9.17, 15) is 9.90 Å². The molecule has 0 radical (unpaired) electrons. The van der Waals surface area contributed by atoms with Crippen molar-refractivity contribution >= 4 is 5.97 Å². The van der Waals surface area contributed by atoms with Crippen LogP contribution in [0.3, 0.4) is 0 Å². The molecule has 4 aliphatic rings. The van der Waals surface area contributed by atoms with Gasteiger partial charge in [-0.25, -0.2) is 0 Å². The first-order valence-electron chi connectivity index (χ1n) is 11.9. The molecule has 1 saturated carbocycles. The Labute approximate surface area is 190 Å². The molecule has 2 heterocycles. The first-order valence-corrected chi connectivity index (χ1v) is 11.9. The maximum atomic E-state index is 12.9. The summed E-state index contributed by atoms with van der Waals surface area (Å²) >= 11 is 0. The van der Waals surface area contributed by atoms with Crippen molar-refractivity contribution in [1.29, 1.82) is 0 Å². The van der Waals surface area contributed by atoms with Gasteiger partial charge < -0.3 is 24.3 Å². The van der Waals surface area contributed by atoms with E-state index in [0.717, 1.165) is 32.2 Å². The Hall–Kier alpha value is -1.83. The highest BCUT2D eigenvalue weighted by atomic mass is 16.7. The minimum absolute atomic E-state index is 0.111. The zero-order valence-electron chi connectivity index (χ0n) is 20.1. The van der Waals surface area contributed by atoms with Crippen molar-refractivity contribution < 1.29 is 24.2 Å². The molecule has 1 aromatic rings. The number of hydroxylamine groups is 2. The molecule has 0 unspecified atom stereocenters. The summed E-state index contributed by atoms with van der Waals surface area (Å²) in [5.74, 6) is 1.02. The summed E-state index contributed by atoms with van der Waals surface area (Å²) in [6.45, 7) is 8.46. The molecule has 1 aromatic carbocycles. The van der Waals surface area contributed by atoms with E-state index in [1.54, 1.807) is 18.2 Å². The number of likely N-dealkylation sites (N-methyl/N-ethyl adjacent to an activating group) is 1. The van der Waals surface area contributed by atoms with E-state index in [4.69, 9.17) is 14.3 Å². The number of benzene rings is 1. The zero-order chi connectivity index (χ0) is 23.0. The summed E-state index contributed by atoms with van der Waals surface area (Å²) in [7, 11) is 3.85. The Kier molecular flexibility index (Phi) is 5.04. The van der Waals surface area contributed by atoms with E-state index in [-0.39, 0.29) is 29.3 Å². The van der Waals surface area contributed by atoms with Gasteiger partial charge in [-0.3, -0.25) is 4.79 Å². The summed E-state index contributed by atoms with van der Waals surface area (Å²) in [4.78, 5) is 21.3. The van der Waals surface area contributed by atoms with Crippen LogP contribution >= 0.6 is 0 Å². The molecule has 7 nitrogen and oxygen atoms in total. The smallest absolute Gasteiger partial charge is 0.326 e. The molecule has 0 aromatic heterocycles. The van der Waals surface area contributed by atoms with Gasteiger partial charge in [-0.15, -0.1) is 0 Å². The second kappa shape index (κ2) is 7.34. The highest BCUT2D eigenvalue weighted by Gasteiger charge is 2.66. The molecule has 176 valence electrons. The molecule has 1 saturated heterocycles. The van der Waals surface area contributed by atoms with Crippen LogP contribution in [0.2, 0.25) is 0 Å². The summed E-state index contributed by atoms with van der Waals surface area (Å²) in [6, 6.07) is 3.64. The third-order valence-corrected chi connectivity index (χ3v) is 8.23. The van der Waals surface area contributed by atoms with Crippen LogP contribution in [0.25, 0.3) is 0 Å². The summed E-state index contributed by atoms with van der Waals surface area (Å²) in [5, 5.41) is 12.5. The first kappa shape index (κ1) is 22.0. The lowest BCUT2D eigenvalue weighted by Gasteiger charge is -2.60. The van der Waals surface area contributed by atoms with Gasteiger partial charge in [0.05, 0.1) is 13.2 Å². The predicted molar refractivity (Wildman–Crippen MR) is 120 cm³/mol. The van der Waals surface area contributed by atoms with Crippen LogP contribution < -0.4 is 4.74 Å². The highest BCUT2D eigenvalue weighted by Crippen LogP contribution is 2.64. The molecular formula is C25H36N2O5. The summed E-state index contributed by atoms with van der Waals surface area (Å²) in [6.07, 6.45) is 3.70. The molecule has 0 amide bonds. The largest absolute Gasteiger partial charge is 0.504 e. The van der Waals surface area contributed by atoms with Crippen molar-refractivity contribution in [3.05, 3.63) is 23.3 Å². The maximum absolute atomic E-state index is 12.9. The number of hydrogen-bond donors (Lipinski definition) is 1. The topological polar surface area (TPSA) is 71.5 Å². The van der Waals surface area contributed by atoms with E-state index in [2.05, 4.69) is 18.0 Å². The van der Waals surface area contributed by atoms with Gasteiger partial charge in [0.15, 0.2) is 11.5 Å². The molecule has 2 fully saturated rings. The fraction of sp³-hybridized carbons (Fsp3) is 0.720. The lowest BCUT2D eigenvalue weighted by Crippen LogP contribution is -2.69. The van der Waals surface area contributed by atoms with E-state index in [1.165, 1.54) is 11.1 Å². The van der Waals surface area contributed by atoms with Crippen LogP contribution in [0.1, 0.15) is 58.1 Å². The van der Waals surface area contributed by atoms with Crippen LogP contribution in [0, 0.1) is 5.92 Å². The summed E-state index contributed by atoms with van der Waals surface area (Å²) in [5.41, 5.74) is 1.78. The molecule has 32 heavy (non-hydrogen) atoms. The van der Waals surface area contributed by atoms with Gasteiger partial charge in [0.2, 0.25) is 0 Å². The van der Waals surface area contributed by atoms with Gasteiger partial charge in [-0.2, -0.15) is 5.06 Å². The van der Waals surface area contributed by atoms with Gasteiger partial charge in [-0.05, 0) is 84.5 Å². The van der Waals surface area contributed by atoms with Gasteiger partial charge in [0.25, 0.3) is 0 Å². The lowest BCUT2D eigenvalue weighted by atomic mass is 9.51. The number of nitrogens with zero attached hydrogens (tertiary/aromatic N) is 2. The SMILES string of the molecule is CON([C@@H](C)C(=O)OC(C)(C)C)[C@H]1CC[C@H]2[C@H]3Cc4ccc(O)c5c4[C@@]2(CCN3C)[C@H]1O5. The van der Waals surface area contributed by atoms with E-state index in [1.807, 2.05) is 27.7 Å². The predicted octanol–water partition coefficient (Wildman–Crippen LogP) is 3.02. The molecule has 7 heteroatoms. The van der Waals surface area contributed by atoms with E-state index in [0.29, 0.717) is 17.7 Å². The Bertz CT molecular complexity index is 928. The normalized spacial score (nSPS) is 34.1. The molecular weight excluding hydrogens is 408 g/mol. The third kappa shape index (κ3) is 3.01. The average molecular weight is 445 g/mol. The molecule has 1 spiro atoms. The number of esters is 1.